The molecule has 0 spiro atoms. The number of fused-ring (bicyclic) bond motifs is 1. The summed E-state index contributed by atoms with van der Waals surface area (Å²) in [6.07, 6.45) is -3.16. The van der Waals surface area contributed by atoms with Gasteiger partial charge in [-0.1, -0.05) is 24.3 Å². The summed E-state index contributed by atoms with van der Waals surface area (Å²) >= 11 is 0. The van der Waals surface area contributed by atoms with Crippen molar-refractivity contribution >= 4 is 11.9 Å². The zero-order chi connectivity index (χ0) is 21.0. The van der Waals surface area contributed by atoms with Crippen LogP contribution in [0.2, 0.25) is 0 Å². The smallest absolute Gasteiger partial charge is 0.449 e. The van der Waals surface area contributed by atoms with E-state index in [1.54, 1.807) is 0 Å². The number of rotatable bonds is 5. The van der Waals surface area contributed by atoms with Crippen LogP contribution in [0.25, 0.3) is 0 Å². The number of esters is 1. The first kappa shape index (κ1) is 20.7. The Morgan fingerprint density at radius 3 is 2.48 bits per heavy atom. The highest BCUT2D eigenvalue weighted by molar-refractivity contribution is 5.92. The minimum Gasteiger partial charge on any atom is -0.449 e. The van der Waals surface area contributed by atoms with E-state index in [1.807, 2.05) is 24.3 Å². The Kier molecular flexibility index (Phi) is 6.10. The summed E-state index contributed by atoms with van der Waals surface area (Å²) in [4.78, 5) is 24.6. The molecule has 0 bridgehead atoms. The first-order valence-electron chi connectivity index (χ1n) is 9.18. The number of benzene rings is 2. The fourth-order valence-corrected chi connectivity index (χ4v) is 3.27. The van der Waals surface area contributed by atoms with Crippen molar-refractivity contribution < 1.29 is 32.2 Å². The molecule has 0 aliphatic heterocycles. The van der Waals surface area contributed by atoms with Gasteiger partial charge < -0.3 is 14.8 Å². The average molecular weight is 407 g/mol. The Labute approximate surface area is 165 Å². The van der Waals surface area contributed by atoms with E-state index < -0.39 is 30.1 Å². The number of halogens is 3. The van der Waals surface area contributed by atoms with Gasteiger partial charge in [-0.15, -0.1) is 13.2 Å². The Bertz CT molecular complexity index is 880. The summed E-state index contributed by atoms with van der Waals surface area (Å²) in [5.74, 6) is -1.69. The third-order valence-electron chi connectivity index (χ3n) is 4.66. The summed E-state index contributed by atoms with van der Waals surface area (Å²) in [5.41, 5.74) is 2.27. The van der Waals surface area contributed by atoms with Gasteiger partial charge in [-0.2, -0.15) is 0 Å². The lowest BCUT2D eigenvalue weighted by molar-refractivity contribution is -0.274. The van der Waals surface area contributed by atoms with Crippen molar-refractivity contribution in [3.05, 3.63) is 65.2 Å². The van der Waals surface area contributed by atoms with Crippen LogP contribution in [0, 0.1) is 0 Å². The second-order valence-corrected chi connectivity index (χ2v) is 6.77. The standard InChI is InChI=1S/C21H20F3NO4/c1-13(19(26)25-18-8-4-6-14-5-2-3-7-17(14)18)28-20(27)15-9-11-16(12-10-15)29-21(22,23)24/h2-3,5,7,9-13,18H,4,6,8H2,1H3,(H,25,26)/t13-,18+/m1/s1. The van der Waals surface area contributed by atoms with E-state index in [1.165, 1.54) is 12.5 Å². The first-order chi connectivity index (χ1) is 13.7. The van der Waals surface area contributed by atoms with Gasteiger partial charge in [-0.25, -0.2) is 4.79 Å². The Morgan fingerprint density at radius 1 is 1.10 bits per heavy atom. The number of nitrogens with one attached hydrogen (secondary N) is 1. The van der Waals surface area contributed by atoms with Gasteiger partial charge in [0.1, 0.15) is 5.75 Å². The van der Waals surface area contributed by atoms with Crippen LogP contribution in [0.15, 0.2) is 48.5 Å². The molecule has 0 saturated heterocycles. The Balaban J connectivity index is 1.58. The Morgan fingerprint density at radius 2 is 1.79 bits per heavy atom. The molecular weight excluding hydrogens is 387 g/mol. The SMILES string of the molecule is C[C@@H](OC(=O)c1ccc(OC(F)(F)F)cc1)C(=O)N[C@H]1CCCc2ccccc21. The molecule has 2 aromatic rings. The van der Waals surface area contributed by atoms with Gasteiger partial charge in [0.05, 0.1) is 11.6 Å². The number of ether oxygens (including phenoxy) is 2. The van der Waals surface area contributed by atoms with Gasteiger partial charge in [0, 0.05) is 0 Å². The van der Waals surface area contributed by atoms with E-state index in [9.17, 15) is 22.8 Å². The number of alkyl halides is 3. The van der Waals surface area contributed by atoms with Crippen molar-refractivity contribution in [2.24, 2.45) is 0 Å². The van der Waals surface area contributed by atoms with Crippen LogP contribution in [0.1, 0.15) is 47.3 Å². The molecule has 0 radical (unpaired) electrons. The number of carbonyl (C=O) groups is 2. The van der Waals surface area contributed by atoms with Crippen LogP contribution in [0.4, 0.5) is 13.2 Å². The van der Waals surface area contributed by atoms with Crippen LogP contribution in [-0.2, 0) is 16.0 Å². The molecular formula is C21H20F3NO4. The van der Waals surface area contributed by atoms with Crippen molar-refractivity contribution in [1.29, 1.82) is 0 Å². The van der Waals surface area contributed by atoms with E-state index in [-0.39, 0.29) is 11.6 Å². The molecule has 0 aromatic heterocycles. The summed E-state index contributed by atoms with van der Waals surface area (Å²) < 4.78 is 45.5. The minimum absolute atomic E-state index is 0.0159. The zero-order valence-electron chi connectivity index (χ0n) is 15.7. The largest absolute Gasteiger partial charge is 0.573 e. The van der Waals surface area contributed by atoms with Gasteiger partial charge in [0.2, 0.25) is 0 Å². The van der Waals surface area contributed by atoms with Crippen LogP contribution in [-0.4, -0.2) is 24.3 Å². The summed E-state index contributed by atoms with van der Waals surface area (Å²) in [6, 6.07) is 12.0. The van der Waals surface area contributed by atoms with E-state index >= 15 is 0 Å². The predicted octanol–water partition coefficient (Wildman–Crippen LogP) is 4.32. The van der Waals surface area contributed by atoms with Crippen molar-refractivity contribution in [2.45, 2.75) is 44.7 Å². The molecule has 0 heterocycles. The fraction of sp³-hybridized carbons (Fsp3) is 0.333. The molecule has 2 aromatic carbocycles. The highest BCUT2D eigenvalue weighted by atomic mass is 19.4. The lowest BCUT2D eigenvalue weighted by Crippen LogP contribution is -2.39. The summed E-state index contributed by atoms with van der Waals surface area (Å²) in [6.45, 7) is 1.45. The molecule has 1 amide bonds. The molecule has 0 saturated carbocycles. The lowest BCUT2D eigenvalue weighted by Gasteiger charge is -2.27. The first-order valence-corrected chi connectivity index (χ1v) is 9.18. The van der Waals surface area contributed by atoms with Gasteiger partial charge >= 0.3 is 12.3 Å². The maximum absolute atomic E-state index is 12.5. The zero-order valence-corrected chi connectivity index (χ0v) is 15.7. The quantitative estimate of drug-likeness (QED) is 0.750. The normalized spacial score (nSPS) is 17.0. The second-order valence-electron chi connectivity index (χ2n) is 6.77. The van der Waals surface area contributed by atoms with E-state index in [0.29, 0.717) is 0 Å². The topological polar surface area (TPSA) is 64.6 Å². The molecule has 1 N–H and O–H groups in total. The molecule has 3 rings (SSSR count). The van der Waals surface area contributed by atoms with Gasteiger partial charge in [0.15, 0.2) is 6.10 Å². The lowest BCUT2D eigenvalue weighted by atomic mass is 9.87. The monoisotopic (exact) mass is 407 g/mol. The molecule has 1 aliphatic carbocycles. The molecule has 0 fully saturated rings. The summed E-state index contributed by atoms with van der Waals surface area (Å²) in [5, 5.41) is 2.91. The van der Waals surface area contributed by atoms with E-state index in [4.69, 9.17) is 4.74 Å². The van der Waals surface area contributed by atoms with Crippen LogP contribution < -0.4 is 10.1 Å². The van der Waals surface area contributed by atoms with E-state index in [0.717, 1.165) is 49.1 Å². The summed E-state index contributed by atoms with van der Waals surface area (Å²) in [7, 11) is 0. The number of aryl methyl sites for hydroxylation is 1. The minimum atomic E-state index is -4.81. The molecule has 2 atom stereocenters. The van der Waals surface area contributed by atoms with E-state index in [2.05, 4.69) is 10.1 Å². The highest BCUT2D eigenvalue weighted by Crippen LogP contribution is 2.29. The average Bonchev–Trinajstić information content (AvgIpc) is 2.67. The highest BCUT2D eigenvalue weighted by Gasteiger charge is 2.31. The number of hydrogen-bond donors (Lipinski definition) is 1. The fourth-order valence-electron chi connectivity index (χ4n) is 3.27. The molecule has 5 nitrogen and oxygen atoms in total. The maximum Gasteiger partial charge on any atom is 0.573 e. The second kappa shape index (κ2) is 8.55. The number of amides is 1. The molecule has 154 valence electrons. The maximum atomic E-state index is 12.5. The van der Waals surface area contributed by atoms with Crippen molar-refractivity contribution in [3.63, 3.8) is 0 Å². The molecule has 29 heavy (non-hydrogen) atoms. The van der Waals surface area contributed by atoms with Crippen molar-refractivity contribution in [2.75, 3.05) is 0 Å². The van der Waals surface area contributed by atoms with Gasteiger partial charge in [-0.05, 0) is 61.6 Å². The van der Waals surface area contributed by atoms with Crippen LogP contribution in [0.3, 0.4) is 0 Å². The van der Waals surface area contributed by atoms with Crippen molar-refractivity contribution in [1.82, 2.24) is 5.32 Å². The number of hydrogen-bond acceptors (Lipinski definition) is 4. The predicted molar refractivity (Wildman–Crippen MR) is 98.3 cm³/mol. The molecule has 1 aliphatic rings. The Hall–Kier alpha value is -3.03. The van der Waals surface area contributed by atoms with Gasteiger partial charge in [-0.3, -0.25) is 4.79 Å². The third-order valence-corrected chi connectivity index (χ3v) is 4.66. The third kappa shape index (κ3) is 5.49. The number of carbonyl (C=O) groups excluding carboxylic acids is 2. The molecule has 8 heteroatoms. The van der Waals surface area contributed by atoms with Gasteiger partial charge in [0.25, 0.3) is 5.91 Å². The van der Waals surface area contributed by atoms with Crippen LogP contribution >= 0.6 is 0 Å². The molecule has 0 unspecified atom stereocenters. The van der Waals surface area contributed by atoms with Crippen LogP contribution in [0.5, 0.6) is 5.75 Å². The van der Waals surface area contributed by atoms with Crippen molar-refractivity contribution in [3.8, 4) is 5.75 Å².